The lowest BCUT2D eigenvalue weighted by Crippen LogP contribution is -2.25. The van der Waals surface area contributed by atoms with Gasteiger partial charge in [-0.25, -0.2) is 0 Å². The number of methoxy groups -OCH3 is 4. The Morgan fingerprint density at radius 3 is 1.11 bits per heavy atom. The second-order valence-electron chi connectivity index (χ2n) is 16.8. The minimum atomic E-state index is -4.71. The summed E-state index contributed by atoms with van der Waals surface area (Å²) in [7, 11) is 6.38. The van der Waals surface area contributed by atoms with Crippen LogP contribution in [0.3, 0.4) is 0 Å². The van der Waals surface area contributed by atoms with Crippen LogP contribution in [0.15, 0.2) is 164 Å². The molecule has 9 heteroatoms. The van der Waals surface area contributed by atoms with E-state index in [4.69, 9.17) is 18.9 Å². The largest absolute Gasteiger partial charge is 0.497 e. The number of para-hydroxylation sites is 1. The molecule has 0 bridgehead atoms. The predicted octanol–water partition coefficient (Wildman–Crippen LogP) is 14.2. The topological polar surface area (TPSA) is 61.0 Å². The summed E-state index contributed by atoms with van der Waals surface area (Å²) in [4.78, 5) is 0. The van der Waals surface area contributed by atoms with Gasteiger partial charge in [-0.1, -0.05) is 103 Å². The highest BCUT2D eigenvalue weighted by Crippen LogP contribution is 2.52. The number of hydrogen-bond acceptors (Lipinski definition) is 6. The second-order valence-corrected chi connectivity index (χ2v) is 16.8. The average Bonchev–Trinajstić information content (AvgIpc) is 3.63. The molecule has 1 aliphatic rings. The van der Waals surface area contributed by atoms with Crippen LogP contribution in [0.1, 0.15) is 85.1 Å². The van der Waals surface area contributed by atoms with Crippen LogP contribution >= 0.6 is 0 Å². The van der Waals surface area contributed by atoms with Crippen LogP contribution in [-0.2, 0) is 6.18 Å². The van der Waals surface area contributed by atoms with E-state index in [1.165, 1.54) is 12.1 Å². The first-order valence-electron chi connectivity index (χ1n) is 21.9. The smallest absolute Gasteiger partial charge is 0.416 e. The van der Waals surface area contributed by atoms with Crippen LogP contribution in [0, 0.1) is 13.8 Å². The van der Waals surface area contributed by atoms with Gasteiger partial charge in [-0.05, 0) is 141 Å². The van der Waals surface area contributed by atoms with Crippen molar-refractivity contribution in [2.75, 3.05) is 39.1 Å². The Morgan fingerprint density at radius 2 is 0.773 bits per heavy atom. The molecule has 0 spiro atoms. The number of aryl methyl sites for hydroxylation is 2. The maximum absolute atomic E-state index is 15.8. The molecule has 0 saturated heterocycles. The fourth-order valence-electron chi connectivity index (χ4n) is 9.71. The van der Waals surface area contributed by atoms with Crippen LogP contribution in [0.2, 0.25) is 0 Å². The minimum absolute atomic E-state index is 0.324. The lowest BCUT2D eigenvalue weighted by Gasteiger charge is -2.34. The summed E-state index contributed by atoms with van der Waals surface area (Å²) in [5, 5.41) is 10.2. The van der Waals surface area contributed by atoms with E-state index in [1.54, 1.807) is 28.4 Å². The molecule has 0 heterocycles. The molecule has 8 aromatic carbocycles. The number of ether oxygens (including phenoxy) is 4. The number of alkyl halides is 3. The zero-order valence-electron chi connectivity index (χ0n) is 37.7. The van der Waals surface area contributed by atoms with Crippen molar-refractivity contribution in [2.24, 2.45) is 0 Å². The fourth-order valence-corrected chi connectivity index (χ4v) is 9.71. The fraction of sp³-hybridized carbons (Fsp3) is 0.193. The normalized spacial score (nSPS) is 14.4. The number of benzene rings is 8. The predicted molar refractivity (Wildman–Crippen MR) is 258 cm³/mol. The van der Waals surface area contributed by atoms with Crippen molar-refractivity contribution < 1.29 is 32.1 Å². The third-order valence-electron chi connectivity index (χ3n) is 13.0. The Morgan fingerprint density at radius 1 is 0.439 bits per heavy atom. The van der Waals surface area contributed by atoms with E-state index >= 15 is 13.2 Å². The molecule has 0 saturated carbocycles. The summed E-state index contributed by atoms with van der Waals surface area (Å²) in [5.41, 5.74) is 9.17. The molecule has 2 unspecified atom stereocenters. The molecule has 1 aliphatic carbocycles. The van der Waals surface area contributed by atoms with E-state index in [-0.39, 0.29) is 6.04 Å². The summed E-state index contributed by atoms with van der Waals surface area (Å²) >= 11 is 0. The van der Waals surface area contributed by atoms with Gasteiger partial charge in [0.05, 0.1) is 46.1 Å². The molecular weight excluding hydrogens is 834 g/mol. The van der Waals surface area contributed by atoms with E-state index in [0.29, 0.717) is 39.8 Å². The quantitative estimate of drug-likeness (QED) is 0.106. The molecule has 9 rings (SSSR count). The zero-order valence-corrected chi connectivity index (χ0v) is 37.7. The second kappa shape index (κ2) is 18.2. The summed E-state index contributed by atoms with van der Waals surface area (Å²) in [6.45, 7) is 4.18. The first kappa shape index (κ1) is 43.8. The van der Waals surface area contributed by atoms with Crippen molar-refractivity contribution in [3.63, 3.8) is 0 Å². The van der Waals surface area contributed by atoms with E-state index < -0.39 is 29.6 Å². The number of hydrogen-bond donors (Lipinski definition) is 2. The summed E-state index contributed by atoms with van der Waals surface area (Å²) in [6, 6.07) is 51.0. The van der Waals surface area contributed by atoms with E-state index in [9.17, 15) is 0 Å². The number of rotatable bonds is 14. The highest BCUT2D eigenvalue weighted by atomic mass is 19.4. The highest BCUT2D eigenvalue weighted by Gasteiger charge is 2.40. The Kier molecular flexibility index (Phi) is 12.1. The molecule has 0 fully saturated rings. The number of anilines is 2. The molecule has 0 amide bonds. The molecule has 0 aliphatic heterocycles. The maximum Gasteiger partial charge on any atom is 0.416 e. The lowest BCUT2D eigenvalue weighted by atomic mass is 9.77. The van der Waals surface area contributed by atoms with Gasteiger partial charge in [0.25, 0.3) is 0 Å². The van der Waals surface area contributed by atoms with Gasteiger partial charge >= 0.3 is 6.18 Å². The minimum Gasteiger partial charge on any atom is -0.497 e. The van der Waals surface area contributed by atoms with Crippen molar-refractivity contribution in [1.29, 1.82) is 0 Å². The van der Waals surface area contributed by atoms with E-state index in [1.807, 2.05) is 103 Å². The molecule has 2 atom stereocenters. The maximum atomic E-state index is 15.8. The van der Waals surface area contributed by atoms with Crippen LogP contribution in [0.5, 0.6) is 23.0 Å². The van der Waals surface area contributed by atoms with Crippen molar-refractivity contribution in [1.82, 2.24) is 0 Å². The summed E-state index contributed by atoms with van der Waals surface area (Å²) < 4.78 is 69.8. The van der Waals surface area contributed by atoms with Crippen LogP contribution in [-0.4, -0.2) is 28.4 Å². The van der Waals surface area contributed by atoms with Gasteiger partial charge in [0.15, 0.2) is 0 Å². The average molecular weight is 885 g/mol. The van der Waals surface area contributed by atoms with Crippen molar-refractivity contribution in [3.8, 4) is 23.0 Å². The van der Waals surface area contributed by atoms with E-state index in [0.717, 1.165) is 61.0 Å². The molecule has 0 aromatic heterocycles. The molecule has 6 nitrogen and oxygen atoms in total. The van der Waals surface area contributed by atoms with Crippen LogP contribution in [0.4, 0.5) is 24.5 Å². The van der Waals surface area contributed by atoms with Crippen molar-refractivity contribution in [2.45, 2.75) is 43.9 Å². The first-order valence-corrected chi connectivity index (χ1v) is 21.9. The summed E-state index contributed by atoms with van der Waals surface area (Å²) in [5.74, 6) is 1.14. The monoisotopic (exact) mass is 884 g/mol. The third kappa shape index (κ3) is 8.37. The Hall–Kier alpha value is -7.39. The lowest BCUT2D eigenvalue weighted by molar-refractivity contribution is -0.137. The van der Waals surface area contributed by atoms with Crippen LogP contribution < -0.4 is 29.6 Å². The first-order chi connectivity index (χ1) is 32.0. The van der Waals surface area contributed by atoms with Gasteiger partial charge in [-0.3, -0.25) is 0 Å². The molecule has 334 valence electrons. The third-order valence-corrected chi connectivity index (χ3v) is 13.0. The van der Waals surface area contributed by atoms with Gasteiger partial charge in [0.1, 0.15) is 23.0 Å². The van der Waals surface area contributed by atoms with Gasteiger partial charge in [0.2, 0.25) is 0 Å². The summed E-state index contributed by atoms with van der Waals surface area (Å²) in [6.07, 6.45) is -4.71. The van der Waals surface area contributed by atoms with Crippen LogP contribution in [0.25, 0.3) is 10.8 Å². The zero-order chi connectivity index (χ0) is 46.1. The Labute approximate surface area is 384 Å². The number of halogens is 3. The molecule has 0 radical (unpaired) electrons. The van der Waals surface area contributed by atoms with Gasteiger partial charge in [-0.2, -0.15) is 13.2 Å². The van der Waals surface area contributed by atoms with E-state index in [2.05, 4.69) is 73.0 Å². The Bertz CT molecular complexity index is 2750. The molecule has 2 N–H and O–H groups in total. The highest BCUT2D eigenvalue weighted by molar-refractivity contribution is 5.93. The molecular formula is C57H51F3N2O4. The number of nitrogens with one attached hydrogen (secondary N) is 2. The van der Waals surface area contributed by atoms with Crippen molar-refractivity contribution in [3.05, 3.63) is 225 Å². The molecule has 8 aromatic rings. The van der Waals surface area contributed by atoms with Gasteiger partial charge in [-0.15, -0.1) is 0 Å². The Balaban J connectivity index is 1.38. The SMILES string of the molecule is COc1ccc(C(c2ccc(OC)cc2)c2cc(C(F)(F)F)cc(C(c3ccc(OC)cc3)c3ccc(OC)cc3)c2NC2c3cccc4cccc(c34)C2Nc2c(C)cccc2C)cc1. The van der Waals surface area contributed by atoms with Gasteiger partial charge < -0.3 is 29.6 Å². The molecule has 66 heavy (non-hydrogen) atoms. The van der Waals surface area contributed by atoms with Crippen molar-refractivity contribution >= 4 is 22.1 Å². The standard InChI is InChI=1S/C57H51F3N2O4/c1-34-10-7-11-35(2)53(34)61-55-46-14-8-12-36-13-9-15-47(52(36)46)56(55)62-54-48(50(37-16-24-42(63-3)25-17-37)38-18-26-43(64-4)27-19-38)32-41(57(58,59)60)33-49(54)51(39-20-28-44(65-5)29-21-39)40-22-30-45(66-6)31-23-40/h7-33,50-51,55-56,61-62H,1-6H3. The van der Waals surface area contributed by atoms with Gasteiger partial charge in [0, 0.05) is 23.2 Å².